The van der Waals surface area contributed by atoms with Crippen LogP contribution in [0.4, 0.5) is 0 Å². The van der Waals surface area contributed by atoms with E-state index in [4.69, 9.17) is 0 Å². The smallest absolute Gasteiger partial charge is 0.223 e. The fourth-order valence-corrected chi connectivity index (χ4v) is 3.13. The van der Waals surface area contributed by atoms with Gasteiger partial charge in [-0.15, -0.1) is 5.10 Å². The van der Waals surface area contributed by atoms with E-state index >= 15 is 0 Å². The number of benzene rings is 1. The molecule has 0 saturated carbocycles. The average molecular weight is 302 g/mol. The lowest BCUT2D eigenvalue weighted by molar-refractivity contribution is -0.129. The number of thioether (sulfide) groups is 1. The molecule has 1 amide bonds. The lowest BCUT2D eigenvalue weighted by Gasteiger charge is -2.23. The average Bonchev–Trinajstić information content (AvgIpc) is 3.09. The van der Waals surface area contributed by atoms with E-state index in [2.05, 4.69) is 22.1 Å². The van der Waals surface area contributed by atoms with Crippen molar-refractivity contribution >= 4 is 17.7 Å². The van der Waals surface area contributed by atoms with Gasteiger partial charge in [0.05, 0.1) is 6.04 Å². The lowest BCUT2D eigenvalue weighted by Crippen LogP contribution is -2.27. The van der Waals surface area contributed by atoms with Gasteiger partial charge in [0, 0.05) is 13.0 Å². The van der Waals surface area contributed by atoms with Crippen LogP contribution >= 0.6 is 11.8 Å². The van der Waals surface area contributed by atoms with Gasteiger partial charge >= 0.3 is 0 Å². The number of hydrogen-bond donors (Lipinski definition) is 1. The Morgan fingerprint density at radius 1 is 1.38 bits per heavy atom. The fourth-order valence-electron chi connectivity index (χ4n) is 2.60. The number of aromatic amines is 1. The van der Waals surface area contributed by atoms with Gasteiger partial charge in [-0.3, -0.25) is 9.89 Å². The first-order valence-corrected chi connectivity index (χ1v) is 8.15. The van der Waals surface area contributed by atoms with Gasteiger partial charge in [0.15, 0.2) is 0 Å². The number of likely N-dealkylation sites (tertiary alicyclic amines) is 1. The van der Waals surface area contributed by atoms with Crippen LogP contribution in [0.15, 0.2) is 35.5 Å². The van der Waals surface area contributed by atoms with Gasteiger partial charge in [0.2, 0.25) is 11.1 Å². The highest BCUT2D eigenvalue weighted by Crippen LogP contribution is 2.32. The second-order valence-electron chi connectivity index (χ2n) is 5.00. The van der Waals surface area contributed by atoms with Crippen LogP contribution in [0.3, 0.4) is 0 Å². The fraction of sp³-hybridized carbons (Fsp3) is 0.400. The summed E-state index contributed by atoms with van der Waals surface area (Å²) in [5.41, 5.74) is 1.14. The summed E-state index contributed by atoms with van der Waals surface area (Å²) in [5.74, 6) is 1.92. The number of hydrogen-bond acceptors (Lipinski definition) is 4. The molecule has 0 radical (unpaired) electrons. The first kappa shape index (κ1) is 14.1. The molecule has 3 rings (SSSR count). The standard InChI is InChI=1S/C15H18N4OS/c1-2-21-15-16-14(17-18-15)12-8-9-13(20)19(12)10-11-6-4-3-5-7-11/h3-7,12H,2,8-10H2,1H3,(H,16,17,18). The van der Waals surface area contributed by atoms with Crippen LogP contribution in [-0.4, -0.2) is 31.7 Å². The Hall–Kier alpha value is -1.82. The topological polar surface area (TPSA) is 61.9 Å². The molecule has 1 aromatic heterocycles. The van der Waals surface area contributed by atoms with Crippen molar-refractivity contribution in [1.82, 2.24) is 20.1 Å². The van der Waals surface area contributed by atoms with Gasteiger partial charge in [0.25, 0.3) is 0 Å². The Balaban J connectivity index is 1.78. The predicted molar refractivity (Wildman–Crippen MR) is 81.7 cm³/mol. The van der Waals surface area contributed by atoms with E-state index in [1.54, 1.807) is 11.8 Å². The molecule has 0 bridgehead atoms. The molecule has 1 aliphatic heterocycles. The summed E-state index contributed by atoms with van der Waals surface area (Å²) in [6.07, 6.45) is 1.38. The second-order valence-corrected chi connectivity index (χ2v) is 6.23. The SMILES string of the molecule is CCSc1n[nH]c(C2CCC(=O)N2Cc2ccccc2)n1. The zero-order chi connectivity index (χ0) is 14.7. The van der Waals surface area contributed by atoms with E-state index in [0.717, 1.165) is 28.7 Å². The van der Waals surface area contributed by atoms with E-state index < -0.39 is 0 Å². The van der Waals surface area contributed by atoms with Crippen molar-refractivity contribution in [2.24, 2.45) is 0 Å². The van der Waals surface area contributed by atoms with Gasteiger partial charge in [0.1, 0.15) is 5.82 Å². The molecule has 1 fully saturated rings. The minimum absolute atomic E-state index is 0.0106. The molecule has 110 valence electrons. The quantitative estimate of drug-likeness (QED) is 0.863. The summed E-state index contributed by atoms with van der Waals surface area (Å²) in [4.78, 5) is 18.6. The Kier molecular flexibility index (Phi) is 4.24. The van der Waals surface area contributed by atoms with Crippen molar-refractivity contribution in [3.8, 4) is 0 Å². The highest BCUT2D eigenvalue weighted by molar-refractivity contribution is 7.99. The zero-order valence-corrected chi connectivity index (χ0v) is 12.8. The van der Waals surface area contributed by atoms with E-state index in [-0.39, 0.29) is 11.9 Å². The molecule has 6 heteroatoms. The van der Waals surface area contributed by atoms with Crippen molar-refractivity contribution < 1.29 is 4.79 Å². The highest BCUT2D eigenvalue weighted by atomic mass is 32.2. The van der Waals surface area contributed by atoms with Crippen molar-refractivity contribution in [1.29, 1.82) is 0 Å². The zero-order valence-electron chi connectivity index (χ0n) is 12.0. The number of carbonyl (C=O) groups excluding carboxylic acids is 1. The number of rotatable bonds is 5. The van der Waals surface area contributed by atoms with E-state index in [9.17, 15) is 4.79 Å². The summed E-state index contributed by atoms with van der Waals surface area (Å²) in [6, 6.07) is 10.1. The first-order chi connectivity index (χ1) is 10.3. The Labute approximate surface area is 128 Å². The van der Waals surface area contributed by atoms with Gasteiger partial charge in [-0.05, 0) is 17.7 Å². The molecule has 2 aromatic rings. The largest absolute Gasteiger partial charge is 0.328 e. The molecule has 0 aliphatic carbocycles. The molecular weight excluding hydrogens is 284 g/mol. The van der Waals surface area contributed by atoms with Gasteiger partial charge in [-0.2, -0.15) is 0 Å². The maximum Gasteiger partial charge on any atom is 0.223 e. The van der Waals surface area contributed by atoms with Gasteiger partial charge in [-0.1, -0.05) is 49.0 Å². The van der Waals surface area contributed by atoms with Crippen molar-refractivity contribution in [3.63, 3.8) is 0 Å². The number of H-pyrrole nitrogens is 1. The van der Waals surface area contributed by atoms with Gasteiger partial charge < -0.3 is 4.90 Å². The van der Waals surface area contributed by atoms with Crippen LogP contribution in [0, 0.1) is 0 Å². The van der Waals surface area contributed by atoms with E-state index in [0.29, 0.717) is 13.0 Å². The first-order valence-electron chi connectivity index (χ1n) is 7.16. The summed E-state index contributed by atoms with van der Waals surface area (Å²) >= 11 is 1.60. The molecule has 1 aromatic carbocycles. The Morgan fingerprint density at radius 3 is 2.95 bits per heavy atom. The second kappa shape index (κ2) is 6.30. The third-order valence-corrected chi connectivity index (χ3v) is 4.32. The Morgan fingerprint density at radius 2 is 2.19 bits per heavy atom. The van der Waals surface area contributed by atoms with Crippen LogP contribution in [0.1, 0.15) is 37.2 Å². The van der Waals surface area contributed by atoms with E-state index in [1.807, 2.05) is 35.2 Å². The predicted octanol–water partition coefficient (Wildman–Crippen LogP) is 2.78. The number of aromatic nitrogens is 3. The molecule has 1 saturated heterocycles. The van der Waals surface area contributed by atoms with Gasteiger partial charge in [-0.25, -0.2) is 4.98 Å². The molecule has 21 heavy (non-hydrogen) atoms. The maximum atomic E-state index is 12.2. The minimum Gasteiger partial charge on any atom is -0.328 e. The number of nitrogens with zero attached hydrogens (tertiary/aromatic N) is 3. The van der Waals surface area contributed by atoms with E-state index in [1.165, 1.54) is 0 Å². The molecule has 0 spiro atoms. The molecule has 1 atom stereocenters. The third kappa shape index (κ3) is 3.10. The summed E-state index contributed by atoms with van der Waals surface area (Å²) in [5, 5.41) is 7.95. The maximum absolute atomic E-state index is 12.2. The Bertz CT molecular complexity index is 613. The molecule has 1 N–H and O–H groups in total. The van der Waals surface area contributed by atoms with Crippen molar-refractivity contribution in [2.45, 2.75) is 37.5 Å². The monoisotopic (exact) mass is 302 g/mol. The number of nitrogens with one attached hydrogen (secondary N) is 1. The molecule has 5 nitrogen and oxygen atoms in total. The normalized spacial score (nSPS) is 18.4. The van der Waals surface area contributed by atoms with Crippen LogP contribution in [-0.2, 0) is 11.3 Å². The molecule has 1 aliphatic rings. The number of carbonyl (C=O) groups is 1. The molecule has 1 unspecified atom stereocenters. The summed E-state index contributed by atoms with van der Waals surface area (Å²) in [6.45, 7) is 2.70. The van der Waals surface area contributed by atoms with Crippen molar-refractivity contribution in [3.05, 3.63) is 41.7 Å². The summed E-state index contributed by atoms with van der Waals surface area (Å²) < 4.78 is 0. The third-order valence-electron chi connectivity index (χ3n) is 3.60. The van der Waals surface area contributed by atoms with Crippen LogP contribution in [0.2, 0.25) is 0 Å². The van der Waals surface area contributed by atoms with Crippen molar-refractivity contribution in [2.75, 3.05) is 5.75 Å². The number of amides is 1. The van der Waals surface area contributed by atoms with Crippen LogP contribution in [0.25, 0.3) is 0 Å². The molecular formula is C15H18N4OS. The highest BCUT2D eigenvalue weighted by Gasteiger charge is 2.34. The van der Waals surface area contributed by atoms with Crippen LogP contribution < -0.4 is 0 Å². The summed E-state index contributed by atoms with van der Waals surface area (Å²) in [7, 11) is 0. The lowest BCUT2D eigenvalue weighted by atomic mass is 10.2. The van der Waals surface area contributed by atoms with Crippen LogP contribution in [0.5, 0.6) is 0 Å². The molecule has 2 heterocycles. The minimum atomic E-state index is 0.0106.